The Morgan fingerprint density at radius 3 is 2.60 bits per heavy atom. The van der Waals surface area contributed by atoms with Gasteiger partial charge in [-0.25, -0.2) is 8.42 Å². The maximum Gasteiger partial charge on any atom is 0.148 e. The monoisotopic (exact) mass is 235 g/mol. The van der Waals surface area contributed by atoms with Gasteiger partial charge in [-0.1, -0.05) is 6.42 Å². The van der Waals surface area contributed by atoms with E-state index in [-0.39, 0.29) is 17.9 Å². The molecule has 0 amide bonds. The van der Waals surface area contributed by atoms with Gasteiger partial charge in [-0.15, -0.1) is 0 Å². The molecule has 1 saturated carbocycles. The maximum absolute atomic E-state index is 11.0. The first-order chi connectivity index (χ1) is 6.88. The van der Waals surface area contributed by atoms with E-state index in [0.29, 0.717) is 5.92 Å². The van der Waals surface area contributed by atoms with Crippen LogP contribution < -0.4 is 5.32 Å². The van der Waals surface area contributed by atoms with Gasteiger partial charge >= 0.3 is 0 Å². The number of rotatable bonds is 5. The van der Waals surface area contributed by atoms with Crippen molar-refractivity contribution in [3.8, 4) is 0 Å². The molecule has 5 heteroatoms. The molecule has 0 saturated heterocycles. The number of hydrogen-bond acceptors (Lipinski definition) is 4. The van der Waals surface area contributed by atoms with Crippen molar-refractivity contribution in [1.82, 2.24) is 5.32 Å². The van der Waals surface area contributed by atoms with Gasteiger partial charge in [-0.2, -0.15) is 0 Å². The van der Waals surface area contributed by atoms with Crippen molar-refractivity contribution in [3.05, 3.63) is 0 Å². The van der Waals surface area contributed by atoms with Crippen molar-refractivity contribution in [1.29, 1.82) is 0 Å². The van der Waals surface area contributed by atoms with Crippen LogP contribution in [-0.2, 0) is 9.84 Å². The average molecular weight is 235 g/mol. The van der Waals surface area contributed by atoms with Crippen LogP contribution in [0.15, 0.2) is 0 Å². The minimum Gasteiger partial charge on any atom is -0.393 e. The smallest absolute Gasteiger partial charge is 0.148 e. The fraction of sp³-hybridized carbons (Fsp3) is 1.00. The summed E-state index contributed by atoms with van der Waals surface area (Å²) in [5.74, 6) is 0.461. The van der Waals surface area contributed by atoms with Gasteiger partial charge in [0.2, 0.25) is 0 Å². The van der Waals surface area contributed by atoms with E-state index < -0.39 is 9.84 Å². The van der Waals surface area contributed by atoms with Gasteiger partial charge in [0.25, 0.3) is 0 Å². The number of nitrogens with one attached hydrogen (secondary N) is 1. The minimum atomic E-state index is -2.91. The van der Waals surface area contributed by atoms with Crippen LogP contribution in [0, 0.1) is 5.92 Å². The minimum absolute atomic E-state index is 0.0344. The molecule has 1 fully saturated rings. The molecule has 3 atom stereocenters. The summed E-state index contributed by atoms with van der Waals surface area (Å²) >= 11 is 0. The summed E-state index contributed by atoms with van der Waals surface area (Å²) < 4.78 is 22.0. The molecule has 0 aliphatic heterocycles. The highest BCUT2D eigenvalue weighted by atomic mass is 32.2. The lowest BCUT2D eigenvalue weighted by Crippen LogP contribution is -2.37. The Morgan fingerprint density at radius 1 is 1.47 bits per heavy atom. The number of sulfone groups is 1. The molecule has 1 aliphatic rings. The standard InChI is InChI=1S/C10H21NO3S/c1-8(7-15(2,13)14)11-6-9-4-3-5-10(9)12/h8-12H,3-7H2,1-2H3. The van der Waals surface area contributed by atoms with E-state index in [0.717, 1.165) is 25.8 Å². The van der Waals surface area contributed by atoms with Gasteiger partial charge in [0.05, 0.1) is 11.9 Å². The van der Waals surface area contributed by atoms with E-state index in [4.69, 9.17) is 0 Å². The fourth-order valence-corrected chi connectivity index (χ4v) is 3.15. The Labute approximate surface area is 92.0 Å². The van der Waals surface area contributed by atoms with Crippen LogP contribution in [-0.4, -0.2) is 44.2 Å². The molecule has 0 bridgehead atoms. The van der Waals surface area contributed by atoms with Gasteiger partial charge in [0, 0.05) is 18.8 Å². The summed E-state index contributed by atoms with van der Waals surface area (Å²) in [6, 6.07) is -0.0344. The Hall–Kier alpha value is -0.130. The van der Waals surface area contributed by atoms with Crippen molar-refractivity contribution in [2.45, 2.75) is 38.3 Å². The van der Waals surface area contributed by atoms with E-state index in [1.165, 1.54) is 6.26 Å². The number of aliphatic hydroxyl groups is 1. The fourth-order valence-electron chi connectivity index (χ4n) is 2.12. The van der Waals surface area contributed by atoms with Crippen LogP contribution in [0.25, 0.3) is 0 Å². The van der Waals surface area contributed by atoms with Crippen LogP contribution >= 0.6 is 0 Å². The summed E-state index contributed by atoms with van der Waals surface area (Å²) in [5, 5.41) is 12.7. The van der Waals surface area contributed by atoms with Gasteiger partial charge in [-0.3, -0.25) is 0 Å². The lowest BCUT2D eigenvalue weighted by Gasteiger charge is -2.18. The van der Waals surface area contributed by atoms with Crippen molar-refractivity contribution >= 4 is 9.84 Å². The van der Waals surface area contributed by atoms with Crippen molar-refractivity contribution in [2.24, 2.45) is 5.92 Å². The summed E-state index contributed by atoms with van der Waals surface area (Å²) in [4.78, 5) is 0. The highest BCUT2D eigenvalue weighted by Crippen LogP contribution is 2.24. The van der Waals surface area contributed by atoms with Crippen LogP contribution in [0.4, 0.5) is 0 Å². The largest absolute Gasteiger partial charge is 0.393 e. The predicted molar refractivity (Wildman–Crippen MR) is 60.5 cm³/mol. The highest BCUT2D eigenvalue weighted by Gasteiger charge is 2.25. The zero-order valence-electron chi connectivity index (χ0n) is 9.44. The molecule has 1 rings (SSSR count). The molecule has 0 heterocycles. The Morgan fingerprint density at radius 2 is 2.13 bits per heavy atom. The molecule has 0 radical (unpaired) electrons. The van der Waals surface area contributed by atoms with E-state index in [1.807, 2.05) is 6.92 Å². The van der Waals surface area contributed by atoms with Crippen molar-refractivity contribution in [2.75, 3.05) is 18.6 Å². The zero-order valence-corrected chi connectivity index (χ0v) is 10.3. The van der Waals surface area contributed by atoms with Crippen LogP contribution in [0.5, 0.6) is 0 Å². The third-order valence-corrected chi connectivity index (χ3v) is 4.01. The van der Waals surface area contributed by atoms with E-state index in [1.54, 1.807) is 0 Å². The molecule has 1 aliphatic carbocycles. The molecular formula is C10H21NO3S. The lowest BCUT2D eigenvalue weighted by molar-refractivity contribution is 0.130. The second-order valence-corrected chi connectivity index (χ2v) is 6.84. The van der Waals surface area contributed by atoms with Crippen LogP contribution in [0.3, 0.4) is 0 Å². The lowest BCUT2D eigenvalue weighted by atomic mass is 10.1. The summed E-state index contributed by atoms with van der Waals surface area (Å²) in [6.07, 6.45) is 4.04. The number of aliphatic hydroxyl groups excluding tert-OH is 1. The Balaban J connectivity index is 2.25. The molecule has 90 valence electrons. The summed E-state index contributed by atoms with van der Waals surface area (Å²) in [7, 11) is -2.91. The molecular weight excluding hydrogens is 214 g/mol. The maximum atomic E-state index is 11.0. The van der Waals surface area contributed by atoms with E-state index >= 15 is 0 Å². The molecule has 3 unspecified atom stereocenters. The van der Waals surface area contributed by atoms with E-state index in [9.17, 15) is 13.5 Å². The first-order valence-corrected chi connectivity index (χ1v) is 7.53. The molecule has 0 aromatic rings. The second kappa shape index (κ2) is 5.27. The van der Waals surface area contributed by atoms with Gasteiger partial charge in [-0.05, 0) is 25.7 Å². The first-order valence-electron chi connectivity index (χ1n) is 5.47. The Kier molecular flexibility index (Phi) is 4.55. The average Bonchev–Trinajstić information content (AvgIpc) is 2.44. The molecule has 2 N–H and O–H groups in total. The molecule has 0 spiro atoms. The molecule has 0 aromatic heterocycles. The van der Waals surface area contributed by atoms with Gasteiger partial charge in [0.1, 0.15) is 9.84 Å². The van der Waals surface area contributed by atoms with Crippen LogP contribution in [0.2, 0.25) is 0 Å². The normalized spacial score (nSPS) is 29.3. The second-order valence-electron chi connectivity index (χ2n) is 4.66. The summed E-state index contributed by atoms with van der Waals surface area (Å²) in [5.41, 5.74) is 0. The third-order valence-electron chi connectivity index (χ3n) is 2.90. The number of hydrogen-bond donors (Lipinski definition) is 2. The predicted octanol–water partition coefficient (Wildman–Crippen LogP) is 0.170. The van der Waals surface area contributed by atoms with Crippen molar-refractivity contribution in [3.63, 3.8) is 0 Å². The van der Waals surface area contributed by atoms with Crippen LogP contribution in [0.1, 0.15) is 26.2 Å². The Bertz CT molecular complexity index is 289. The zero-order chi connectivity index (χ0) is 11.5. The SMILES string of the molecule is CC(CS(C)(=O)=O)NCC1CCCC1O. The molecule has 4 nitrogen and oxygen atoms in total. The highest BCUT2D eigenvalue weighted by molar-refractivity contribution is 7.90. The first kappa shape index (κ1) is 12.9. The molecule has 15 heavy (non-hydrogen) atoms. The topological polar surface area (TPSA) is 66.4 Å². The summed E-state index contributed by atoms with van der Waals surface area (Å²) in [6.45, 7) is 2.58. The quantitative estimate of drug-likeness (QED) is 0.713. The van der Waals surface area contributed by atoms with Gasteiger partial charge < -0.3 is 10.4 Å². The van der Waals surface area contributed by atoms with E-state index in [2.05, 4.69) is 5.32 Å². The van der Waals surface area contributed by atoms with Gasteiger partial charge in [0.15, 0.2) is 0 Å². The van der Waals surface area contributed by atoms with Crippen molar-refractivity contribution < 1.29 is 13.5 Å². The molecule has 0 aromatic carbocycles. The third kappa shape index (κ3) is 4.95.